The monoisotopic (exact) mass is 338 g/mol. The Morgan fingerprint density at radius 1 is 1.17 bits per heavy atom. The van der Waals surface area contributed by atoms with Crippen molar-refractivity contribution in [2.45, 2.75) is 12.5 Å². The van der Waals surface area contributed by atoms with Crippen LogP contribution in [0.15, 0.2) is 24.3 Å². The highest BCUT2D eigenvalue weighted by Crippen LogP contribution is 2.19. The van der Waals surface area contributed by atoms with E-state index in [1.807, 2.05) is 17.0 Å². The standard InChI is InChI=1S/C17H23ClN2O3/c18-16-5-2-1-4-15(16)17(21)20-6-3-9-23-14(13-20)12-19-7-10-22-11-8-19/h1-2,4-5,14H,3,6-13H2/t14-/m1/s1. The average molecular weight is 339 g/mol. The maximum absolute atomic E-state index is 12.8. The number of morpholine rings is 1. The number of rotatable bonds is 3. The molecule has 1 aromatic carbocycles. The highest BCUT2D eigenvalue weighted by molar-refractivity contribution is 6.33. The summed E-state index contributed by atoms with van der Waals surface area (Å²) < 4.78 is 11.3. The molecule has 2 aliphatic heterocycles. The molecule has 2 heterocycles. The van der Waals surface area contributed by atoms with E-state index < -0.39 is 0 Å². The van der Waals surface area contributed by atoms with Crippen molar-refractivity contribution >= 4 is 17.5 Å². The van der Waals surface area contributed by atoms with Gasteiger partial charge in [0.2, 0.25) is 0 Å². The Labute approximate surface area is 142 Å². The van der Waals surface area contributed by atoms with Crippen LogP contribution in [0.3, 0.4) is 0 Å². The second-order valence-electron chi connectivity index (χ2n) is 5.99. The van der Waals surface area contributed by atoms with E-state index in [9.17, 15) is 4.79 Å². The first-order valence-corrected chi connectivity index (χ1v) is 8.57. The summed E-state index contributed by atoms with van der Waals surface area (Å²) in [5, 5.41) is 0.507. The first-order valence-electron chi connectivity index (χ1n) is 8.19. The molecule has 0 saturated carbocycles. The van der Waals surface area contributed by atoms with Gasteiger partial charge in [0.05, 0.1) is 29.9 Å². The van der Waals surface area contributed by atoms with Crippen molar-refractivity contribution in [2.75, 3.05) is 52.5 Å². The third kappa shape index (κ3) is 4.44. The normalized spacial score (nSPS) is 23.5. The maximum Gasteiger partial charge on any atom is 0.255 e. The summed E-state index contributed by atoms with van der Waals surface area (Å²) in [6.45, 7) is 6.27. The molecular formula is C17H23ClN2O3. The van der Waals surface area contributed by atoms with Gasteiger partial charge < -0.3 is 14.4 Å². The molecule has 2 fully saturated rings. The summed E-state index contributed by atoms with van der Waals surface area (Å²) in [5.41, 5.74) is 0.571. The lowest BCUT2D eigenvalue weighted by Crippen LogP contribution is -2.45. The van der Waals surface area contributed by atoms with Crippen molar-refractivity contribution < 1.29 is 14.3 Å². The number of hydrogen-bond donors (Lipinski definition) is 0. The van der Waals surface area contributed by atoms with Crippen LogP contribution in [0.2, 0.25) is 5.02 Å². The van der Waals surface area contributed by atoms with Crippen LogP contribution in [0.1, 0.15) is 16.8 Å². The van der Waals surface area contributed by atoms with Crippen molar-refractivity contribution in [2.24, 2.45) is 0 Å². The van der Waals surface area contributed by atoms with Gasteiger partial charge in [-0.3, -0.25) is 9.69 Å². The molecular weight excluding hydrogens is 316 g/mol. The molecule has 3 rings (SSSR count). The number of halogens is 1. The molecule has 0 radical (unpaired) electrons. The fraction of sp³-hybridized carbons (Fsp3) is 0.588. The van der Waals surface area contributed by atoms with E-state index in [-0.39, 0.29) is 12.0 Å². The first kappa shape index (κ1) is 16.7. The summed E-state index contributed by atoms with van der Waals surface area (Å²) >= 11 is 6.17. The van der Waals surface area contributed by atoms with Gasteiger partial charge in [0, 0.05) is 39.3 Å². The van der Waals surface area contributed by atoms with E-state index >= 15 is 0 Å². The summed E-state index contributed by atoms with van der Waals surface area (Å²) in [4.78, 5) is 17.0. The molecule has 2 saturated heterocycles. The van der Waals surface area contributed by atoms with Crippen LogP contribution >= 0.6 is 11.6 Å². The molecule has 2 aliphatic rings. The Hall–Kier alpha value is -1.14. The SMILES string of the molecule is O=C(c1ccccc1Cl)N1CCCO[C@H](CN2CCOCC2)C1. The van der Waals surface area contributed by atoms with Gasteiger partial charge in [-0.15, -0.1) is 0 Å². The molecule has 1 aromatic rings. The van der Waals surface area contributed by atoms with E-state index in [2.05, 4.69) is 4.90 Å². The number of ether oxygens (including phenoxy) is 2. The second-order valence-corrected chi connectivity index (χ2v) is 6.40. The smallest absolute Gasteiger partial charge is 0.255 e. The fourth-order valence-corrected chi connectivity index (χ4v) is 3.28. The van der Waals surface area contributed by atoms with E-state index in [4.69, 9.17) is 21.1 Å². The molecule has 5 nitrogen and oxygen atoms in total. The van der Waals surface area contributed by atoms with Gasteiger partial charge in [0.25, 0.3) is 5.91 Å². The van der Waals surface area contributed by atoms with E-state index in [1.54, 1.807) is 12.1 Å². The maximum atomic E-state index is 12.8. The highest BCUT2D eigenvalue weighted by atomic mass is 35.5. The summed E-state index contributed by atoms with van der Waals surface area (Å²) in [6.07, 6.45) is 0.901. The Balaban J connectivity index is 1.64. The van der Waals surface area contributed by atoms with E-state index in [1.165, 1.54) is 0 Å². The van der Waals surface area contributed by atoms with Gasteiger partial charge in [-0.2, -0.15) is 0 Å². The zero-order valence-electron chi connectivity index (χ0n) is 13.2. The minimum atomic E-state index is -0.00641. The number of carbonyl (C=O) groups excluding carboxylic acids is 1. The van der Waals surface area contributed by atoms with E-state index in [0.29, 0.717) is 30.3 Å². The molecule has 0 N–H and O–H groups in total. The third-order valence-electron chi connectivity index (χ3n) is 4.31. The van der Waals surface area contributed by atoms with Crippen molar-refractivity contribution in [1.29, 1.82) is 0 Å². The van der Waals surface area contributed by atoms with Crippen molar-refractivity contribution in [1.82, 2.24) is 9.80 Å². The number of benzene rings is 1. The fourth-order valence-electron chi connectivity index (χ4n) is 3.07. The highest BCUT2D eigenvalue weighted by Gasteiger charge is 2.26. The molecule has 0 unspecified atom stereocenters. The number of nitrogens with zero attached hydrogens (tertiary/aromatic N) is 2. The molecule has 6 heteroatoms. The number of hydrogen-bond acceptors (Lipinski definition) is 4. The van der Waals surface area contributed by atoms with Crippen LogP contribution in [0.4, 0.5) is 0 Å². The van der Waals surface area contributed by atoms with Crippen LogP contribution in [0.5, 0.6) is 0 Å². The predicted octanol–water partition coefficient (Wildman–Crippen LogP) is 1.90. The summed E-state index contributed by atoms with van der Waals surface area (Å²) in [7, 11) is 0. The van der Waals surface area contributed by atoms with Gasteiger partial charge in [0.15, 0.2) is 0 Å². The summed E-state index contributed by atoms with van der Waals surface area (Å²) in [5.74, 6) is -0.00641. The lowest BCUT2D eigenvalue weighted by atomic mass is 10.1. The second kappa shape index (κ2) is 8.11. The van der Waals surface area contributed by atoms with Crippen LogP contribution in [-0.2, 0) is 9.47 Å². The average Bonchev–Trinajstić information content (AvgIpc) is 2.81. The first-order chi connectivity index (χ1) is 11.2. The molecule has 126 valence electrons. The zero-order chi connectivity index (χ0) is 16.1. The topological polar surface area (TPSA) is 42.0 Å². The van der Waals surface area contributed by atoms with E-state index in [0.717, 1.165) is 39.3 Å². The number of carbonyl (C=O) groups is 1. The molecule has 1 amide bonds. The molecule has 1 atom stereocenters. The molecule has 23 heavy (non-hydrogen) atoms. The van der Waals surface area contributed by atoms with Crippen molar-refractivity contribution in [3.63, 3.8) is 0 Å². The summed E-state index contributed by atoms with van der Waals surface area (Å²) in [6, 6.07) is 7.23. The Bertz CT molecular complexity index is 534. The van der Waals surface area contributed by atoms with Crippen LogP contribution in [-0.4, -0.2) is 74.4 Å². The Morgan fingerprint density at radius 2 is 1.96 bits per heavy atom. The molecule has 0 aromatic heterocycles. The largest absolute Gasteiger partial charge is 0.379 e. The van der Waals surface area contributed by atoms with Gasteiger partial charge in [-0.05, 0) is 18.6 Å². The third-order valence-corrected chi connectivity index (χ3v) is 4.64. The molecule has 0 aliphatic carbocycles. The lowest BCUT2D eigenvalue weighted by Gasteiger charge is -2.31. The molecule has 0 spiro atoms. The minimum Gasteiger partial charge on any atom is -0.379 e. The molecule has 0 bridgehead atoms. The van der Waals surface area contributed by atoms with Crippen molar-refractivity contribution in [3.8, 4) is 0 Å². The van der Waals surface area contributed by atoms with Gasteiger partial charge >= 0.3 is 0 Å². The number of amides is 1. The van der Waals surface area contributed by atoms with Crippen LogP contribution in [0.25, 0.3) is 0 Å². The predicted molar refractivity (Wildman–Crippen MR) is 89.0 cm³/mol. The van der Waals surface area contributed by atoms with Crippen molar-refractivity contribution in [3.05, 3.63) is 34.9 Å². The van der Waals surface area contributed by atoms with Crippen LogP contribution < -0.4 is 0 Å². The zero-order valence-corrected chi connectivity index (χ0v) is 14.0. The minimum absolute atomic E-state index is 0.00641. The lowest BCUT2D eigenvalue weighted by molar-refractivity contribution is -0.0112. The quantitative estimate of drug-likeness (QED) is 0.844. The van der Waals surface area contributed by atoms with Crippen LogP contribution in [0, 0.1) is 0 Å². The van der Waals surface area contributed by atoms with Gasteiger partial charge in [-0.1, -0.05) is 23.7 Å². The van der Waals surface area contributed by atoms with Gasteiger partial charge in [-0.25, -0.2) is 0 Å². The Kier molecular flexibility index (Phi) is 5.89. The Morgan fingerprint density at radius 3 is 2.74 bits per heavy atom. The van der Waals surface area contributed by atoms with Gasteiger partial charge in [0.1, 0.15) is 0 Å².